The Bertz CT molecular complexity index is 399. The third-order valence-electron chi connectivity index (χ3n) is 4.52. The van der Waals surface area contributed by atoms with Gasteiger partial charge in [-0.05, 0) is 43.2 Å². The van der Waals surface area contributed by atoms with Crippen LogP contribution in [-0.2, 0) is 11.3 Å². The Morgan fingerprint density at radius 1 is 1.29 bits per heavy atom. The third-order valence-corrected chi connectivity index (χ3v) is 4.52. The zero-order valence-electron chi connectivity index (χ0n) is 13.6. The van der Waals surface area contributed by atoms with Crippen molar-refractivity contribution < 1.29 is 4.74 Å². The standard InChI is InChI=1S/C17H29N3O/c1-14-4-7-16(8-5-14)20(2)17-9-6-15(13-19-17)12-18-10-11-21-3/h6,9,13-14,16,18H,4-5,7-8,10-12H2,1-3H3. The van der Waals surface area contributed by atoms with Crippen molar-refractivity contribution in [2.24, 2.45) is 5.92 Å². The van der Waals surface area contributed by atoms with Crippen molar-refractivity contribution in [3.63, 3.8) is 0 Å². The molecule has 0 aromatic carbocycles. The largest absolute Gasteiger partial charge is 0.383 e. The number of ether oxygens (including phenoxy) is 1. The summed E-state index contributed by atoms with van der Waals surface area (Å²) in [5.74, 6) is 1.98. The maximum atomic E-state index is 5.02. The van der Waals surface area contributed by atoms with Crippen molar-refractivity contribution in [1.82, 2.24) is 10.3 Å². The molecule has 1 fully saturated rings. The predicted molar refractivity (Wildman–Crippen MR) is 87.6 cm³/mol. The Balaban J connectivity index is 1.83. The Morgan fingerprint density at radius 3 is 2.67 bits per heavy atom. The molecule has 1 saturated carbocycles. The quantitative estimate of drug-likeness (QED) is 0.784. The molecule has 1 N–H and O–H groups in total. The smallest absolute Gasteiger partial charge is 0.128 e. The van der Waals surface area contributed by atoms with Gasteiger partial charge in [0, 0.05) is 39.5 Å². The first-order chi connectivity index (χ1) is 10.2. The number of aromatic nitrogens is 1. The molecule has 1 aliphatic rings. The van der Waals surface area contributed by atoms with Gasteiger partial charge in [-0.3, -0.25) is 0 Å². The predicted octanol–water partition coefficient (Wildman–Crippen LogP) is 2.83. The normalized spacial score (nSPS) is 22.2. The summed E-state index contributed by atoms with van der Waals surface area (Å²) >= 11 is 0. The average Bonchev–Trinajstić information content (AvgIpc) is 2.52. The zero-order valence-corrected chi connectivity index (χ0v) is 13.6. The molecule has 0 spiro atoms. The van der Waals surface area contributed by atoms with Crippen LogP contribution in [0.2, 0.25) is 0 Å². The van der Waals surface area contributed by atoms with Gasteiger partial charge in [-0.25, -0.2) is 4.98 Å². The molecular weight excluding hydrogens is 262 g/mol. The van der Waals surface area contributed by atoms with E-state index < -0.39 is 0 Å². The number of nitrogens with one attached hydrogen (secondary N) is 1. The van der Waals surface area contributed by atoms with Crippen LogP contribution < -0.4 is 10.2 Å². The summed E-state index contributed by atoms with van der Waals surface area (Å²) < 4.78 is 5.02. The van der Waals surface area contributed by atoms with Gasteiger partial charge in [0.15, 0.2) is 0 Å². The number of pyridine rings is 1. The monoisotopic (exact) mass is 291 g/mol. The van der Waals surface area contributed by atoms with E-state index in [1.54, 1.807) is 7.11 Å². The second kappa shape index (κ2) is 8.35. The minimum Gasteiger partial charge on any atom is -0.383 e. The number of anilines is 1. The topological polar surface area (TPSA) is 37.4 Å². The molecule has 1 heterocycles. The number of nitrogens with zero attached hydrogens (tertiary/aromatic N) is 2. The van der Waals surface area contributed by atoms with E-state index in [1.165, 1.54) is 31.2 Å². The number of methoxy groups -OCH3 is 1. The Morgan fingerprint density at radius 2 is 2.05 bits per heavy atom. The highest BCUT2D eigenvalue weighted by Gasteiger charge is 2.22. The van der Waals surface area contributed by atoms with Crippen LogP contribution in [0.5, 0.6) is 0 Å². The second-order valence-corrected chi connectivity index (χ2v) is 6.22. The minimum atomic E-state index is 0.652. The Hall–Kier alpha value is -1.13. The molecule has 4 nitrogen and oxygen atoms in total. The first-order valence-electron chi connectivity index (χ1n) is 8.08. The van der Waals surface area contributed by atoms with Crippen LogP contribution in [-0.4, -0.2) is 38.3 Å². The van der Waals surface area contributed by atoms with E-state index in [1.807, 2.05) is 6.20 Å². The van der Waals surface area contributed by atoms with Crippen molar-refractivity contribution in [1.29, 1.82) is 0 Å². The molecule has 0 atom stereocenters. The van der Waals surface area contributed by atoms with Crippen molar-refractivity contribution in [3.05, 3.63) is 23.9 Å². The summed E-state index contributed by atoms with van der Waals surface area (Å²) in [5, 5.41) is 3.34. The fourth-order valence-corrected chi connectivity index (χ4v) is 2.95. The van der Waals surface area contributed by atoms with Crippen molar-refractivity contribution in [3.8, 4) is 0 Å². The molecule has 0 radical (unpaired) electrons. The van der Waals surface area contributed by atoms with E-state index in [4.69, 9.17) is 4.74 Å². The molecular formula is C17H29N3O. The molecule has 0 aliphatic heterocycles. The van der Waals surface area contributed by atoms with E-state index in [0.29, 0.717) is 6.04 Å². The summed E-state index contributed by atoms with van der Waals surface area (Å²) in [6, 6.07) is 4.97. The van der Waals surface area contributed by atoms with Gasteiger partial charge in [-0.2, -0.15) is 0 Å². The van der Waals surface area contributed by atoms with Crippen LogP contribution in [0.4, 0.5) is 5.82 Å². The van der Waals surface area contributed by atoms with Gasteiger partial charge in [0.05, 0.1) is 6.61 Å². The SMILES string of the molecule is COCCNCc1ccc(N(C)C2CCC(C)CC2)nc1. The van der Waals surface area contributed by atoms with Gasteiger partial charge in [-0.1, -0.05) is 13.0 Å². The number of rotatable bonds is 7. The average molecular weight is 291 g/mol. The van der Waals surface area contributed by atoms with Crippen molar-refractivity contribution in [2.45, 2.75) is 45.2 Å². The number of hydrogen-bond donors (Lipinski definition) is 1. The van der Waals surface area contributed by atoms with Gasteiger partial charge in [0.1, 0.15) is 5.82 Å². The third kappa shape index (κ3) is 4.97. The molecule has 0 unspecified atom stereocenters. The van der Waals surface area contributed by atoms with Crippen molar-refractivity contribution >= 4 is 5.82 Å². The summed E-state index contributed by atoms with van der Waals surface area (Å²) in [5.41, 5.74) is 1.22. The van der Waals surface area contributed by atoms with E-state index in [-0.39, 0.29) is 0 Å². The highest BCUT2D eigenvalue weighted by molar-refractivity contribution is 5.39. The van der Waals surface area contributed by atoms with Crippen LogP contribution in [0.1, 0.15) is 38.2 Å². The summed E-state index contributed by atoms with van der Waals surface area (Å²) in [6.45, 7) is 4.83. The molecule has 118 valence electrons. The Kier molecular flexibility index (Phi) is 6.46. The molecule has 21 heavy (non-hydrogen) atoms. The zero-order chi connectivity index (χ0) is 15.1. The van der Waals surface area contributed by atoms with Crippen LogP contribution in [0.25, 0.3) is 0 Å². The van der Waals surface area contributed by atoms with Gasteiger partial charge in [0.25, 0.3) is 0 Å². The van der Waals surface area contributed by atoms with Gasteiger partial charge in [0.2, 0.25) is 0 Å². The highest BCUT2D eigenvalue weighted by Crippen LogP contribution is 2.28. The molecule has 2 rings (SSSR count). The lowest BCUT2D eigenvalue weighted by Crippen LogP contribution is -2.35. The molecule has 1 aliphatic carbocycles. The van der Waals surface area contributed by atoms with E-state index >= 15 is 0 Å². The molecule has 0 saturated heterocycles. The summed E-state index contributed by atoms with van der Waals surface area (Å²) in [6.07, 6.45) is 7.25. The minimum absolute atomic E-state index is 0.652. The molecule has 4 heteroatoms. The molecule has 0 bridgehead atoms. The first kappa shape index (κ1) is 16.2. The maximum absolute atomic E-state index is 5.02. The van der Waals surface area contributed by atoms with E-state index in [0.717, 1.165) is 31.4 Å². The van der Waals surface area contributed by atoms with E-state index in [2.05, 4.69) is 41.3 Å². The summed E-state index contributed by atoms with van der Waals surface area (Å²) in [7, 11) is 3.90. The van der Waals surface area contributed by atoms with Crippen LogP contribution in [0.15, 0.2) is 18.3 Å². The highest BCUT2D eigenvalue weighted by atomic mass is 16.5. The van der Waals surface area contributed by atoms with E-state index in [9.17, 15) is 0 Å². The van der Waals surface area contributed by atoms with Crippen molar-refractivity contribution in [2.75, 3.05) is 32.2 Å². The van der Waals surface area contributed by atoms with Crippen LogP contribution in [0, 0.1) is 5.92 Å². The first-order valence-corrected chi connectivity index (χ1v) is 8.08. The van der Waals surface area contributed by atoms with Gasteiger partial charge >= 0.3 is 0 Å². The maximum Gasteiger partial charge on any atom is 0.128 e. The lowest BCUT2D eigenvalue weighted by molar-refractivity contribution is 0.199. The number of hydrogen-bond acceptors (Lipinski definition) is 4. The summed E-state index contributed by atoms with van der Waals surface area (Å²) in [4.78, 5) is 6.98. The molecule has 1 aromatic heterocycles. The lowest BCUT2D eigenvalue weighted by Gasteiger charge is -2.34. The van der Waals surface area contributed by atoms with Gasteiger partial charge in [-0.15, -0.1) is 0 Å². The second-order valence-electron chi connectivity index (χ2n) is 6.22. The fourth-order valence-electron chi connectivity index (χ4n) is 2.95. The van der Waals surface area contributed by atoms with Crippen LogP contribution >= 0.6 is 0 Å². The fraction of sp³-hybridized carbons (Fsp3) is 0.706. The lowest BCUT2D eigenvalue weighted by atomic mass is 9.87. The van der Waals surface area contributed by atoms with Gasteiger partial charge < -0.3 is 15.0 Å². The Labute approximate surface area is 128 Å². The molecule has 1 aromatic rings. The molecule has 0 amide bonds. The van der Waals surface area contributed by atoms with Crippen LogP contribution in [0.3, 0.4) is 0 Å².